The van der Waals surface area contributed by atoms with Crippen molar-refractivity contribution in [2.24, 2.45) is 0 Å². The van der Waals surface area contributed by atoms with Crippen LogP contribution in [0.4, 0.5) is 0 Å². The van der Waals surface area contributed by atoms with E-state index >= 15 is 0 Å². The third-order valence-corrected chi connectivity index (χ3v) is 1.53. The Hall–Kier alpha value is -0.970. The van der Waals surface area contributed by atoms with Gasteiger partial charge in [0.05, 0.1) is 11.6 Å². The molecule has 5 nitrogen and oxygen atoms in total. The molecule has 1 atom stereocenters. The molecule has 74 valence electrons. The standard InChI is InChI=1S/C8H16N4O/c1-6(13)5-7-9-11-12(10-7)8(2,3)4/h6,13H,5H2,1-4H3. The summed E-state index contributed by atoms with van der Waals surface area (Å²) in [5.41, 5.74) is -0.149. The number of aliphatic hydroxyl groups is 1. The Labute approximate surface area is 77.8 Å². The van der Waals surface area contributed by atoms with Crippen LogP contribution in [0.25, 0.3) is 0 Å². The first-order valence-electron chi connectivity index (χ1n) is 4.37. The van der Waals surface area contributed by atoms with Gasteiger partial charge < -0.3 is 5.11 Å². The van der Waals surface area contributed by atoms with Crippen molar-refractivity contribution in [1.29, 1.82) is 0 Å². The zero-order valence-electron chi connectivity index (χ0n) is 8.52. The lowest BCUT2D eigenvalue weighted by atomic mass is 10.1. The van der Waals surface area contributed by atoms with Crippen LogP contribution in [0.3, 0.4) is 0 Å². The van der Waals surface area contributed by atoms with Crippen LogP contribution in [0.5, 0.6) is 0 Å². The van der Waals surface area contributed by atoms with Crippen LogP contribution >= 0.6 is 0 Å². The molecule has 0 aliphatic heterocycles. The van der Waals surface area contributed by atoms with Crippen molar-refractivity contribution >= 4 is 0 Å². The number of hydrogen-bond acceptors (Lipinski definition) is 4. The second-order valence-corrected chi connectivity index (χ2v) is 4.22. The molecule has 0 radical (unpaired) electrons. The SMILES string of the molecule is CC(O)Cc1nnn(C(C)(C)C)n1. The van der Waals surface area contributed by atoms with E-state index in [1.807, 2.05) is 20.8 Å². The largest absolute Gasteiger partial charge is 0.393 e. The summed E-state index contributed by atoms with van der Waals surface area (Å²) in [4.78, 5) is 1.56. The average molecular weight is 184 g/mol. The molecule has 0 bridgehead atoms. The zero-order valence-corrected chi connectivity index (χ0v) is 8.52. The number of rotatable bonds is 2. The van der Waals surface area contributed by atoms with Crippen LogP contribution in [0.15, 0.2) is 0 Å². The van der Waals surface area contributed by atoms with Crippen molar-refractivity contribution in [2.45, 2.75) is 45.8 Å². The van der Waals surface area contributed by atoms with Crippen molar-refractivity contribution in [2.75, 3.05) is 0 Å². The molecular weight excluding hydrogens is 168 g/mol. The number of nitrogens with zero attached hydrogens (tertiary/aromatic N) is 4. The number of tetrazole rings is 1. The van der Waals surface area contributed by atoms with Crippen molar-refractivity contribution in [3.05, 3.63) is 5.82 Å². The maximum absolute atomic E-state index is 9.10. The van der Waals surface area contributed by atoms with E-state index in [-0.39, 0.29) is 5.54 Å². The van der Waals surface area contributed by atoms with Gasteiger partial charge in [0.2, 0.25) is 0 Å². The molecule has 1 aromatic rings. The molecule has 1 aromatic heterocycles. The lowest BCUT2D eigenvalue weighted by molar-refractivity contribution is 0.192. The van der Waals surface area contributed by atoms with Crippen molar-refractivity contribution in [1.82, 2.24) is 20.2 Å². The highest BCUT2D eigenvalue weighted by atomic mass is 16.3. The summed E-state index contributed by atoms with van der Waals surface area (Å²) in [6, 6.07) is 0. The Morgan fingerprint density at radius 2 is 2.08 bits per heavy atom. The zero-order chi connectivity index (χ0) is 10.1. The molecule has 0 amide bonds. The molecule has 0 fully saturated rings. The van der Waals surface area contributed by atoms with Gasteiger partial charge in [-0.2, -0.15) is 4.80 Å². The van der Waals surface area contributed by atoms with Crippen LogP contribution in [-0.4, -0.2) is 31.4 Å². The smallest absolute Gasteiger partial charge is 0.177 e. The summed E-state index contributed by atoms with van der Waals surface area (Å²) in [5.74, 6) is 0.588. The van der Waals surface area contributed by atoms with Gasteiger partial charge in [0.15, 0.2) is 5.82 Å². The van der Waals surface area contributed by atoms with E-state index < -0.39 is 6.10 Å². The van der Waals surface area contributed by atoms with Crippen molar-refractivity contribution in [3.8, 4) is 0 Å². The highest BCUT2D eigenvalue weighted by Gasteiger charge is 2.17. The topological polar surface area (TPSA) is 63.8 Å². The first-order chi connectivity index (χ1) is 5.89. The summed E-state index contributed by atoms with van der Waals surface area (Å²) < 4.78 is 0. The molecular formula is C8H16N4O. The Morgan fingerprint density at radius 1 is 1.46 bits per heavy atom. The average Bonchev–Trinajstić information content (AvgIpc) is 2.32. The van der Waals surface area contributed by atoms with E-state index in [9.17, 15) is 0 Å². The van der Waals surface area contributed by atoms with Crippen LogP contribution in [-0.2, 0) is 12.0 Å². The fourth-order valence-corrected chi connectivity index (χ4v) is 0.873. The maximum atomic E-state index is 9.10. The summed E-state index contributed by atoms with van der Waals surface area (Å²) >= 11 is 0. The van der Waals surface area contributed by atoms with Gasteiger partial charge in [0, 0.05) is 6.42 Å². The molecule has 1 unspecified atom stereocenters. The van der Waals surface area contributed by atoms with Crippen LogP contribution < -0.4 is 0 Å². The molecule has 0 aliphatic rings. The van der Waals surface area contributed by atoms with E-state index in [1.165, 1.54) is 0 Å². The summed E-state index contributed by atoms with van der Waals surface area (Å²) in [5, 5.41) is 21.0. The second kappa shape index (κ2) is 3.41. The van der Waals surface area contributed by atoms with Crippen LogP contribution in [0.1, 0.15) is 33.5 Å². The third kappa shape index (κ3) is 2.77. The summed E-state index contributed by atoms with van der Waals surface area (Å²) in [6.45, 7) is 7.71. The molecule has 0 saturated heterocycles. The Bertz CT molecular complexity index is 274. The predicted octanol–water partition coefficient (Wildman–Crippen LogP) is 0.351. The van der Waals surface area contributed by atoms with Crippen molar-refractivity contribution < 1.29 is 5.11 Å². The molecule has 0 saturated carbocycles. The van der Waals surface area contributed by atoms with Gasteiger partial charge in [-0.1, -0.05) is 0 Å². The highest BCUT2D eigenvalue weighted by Crippen LogP contribution is 2.09. The lowest BCUT2D eigenvalue weighted by Crippen LogP contribution is -2.24. The molecule has 0 spiro atoms. The highest BCUT2D eigenvalue weighted by molar-refractivity contribution is 4.81. The maximum Gasteiger partial charge on any atom is 0.177 e. The molecule has 0 aliphatic carbocycles. The second-order valence-electron chi connectivity index (χ2n) is 4.22. The molecule has 13 heavy (non-hydrogen) atoms. The van der Waals surface area contributed by atoms with E-state index in [1.54, 1.807) is 11.7 Å². The number of aromatic nitrogens is 4. The minimum Gasteiger partial charge on any atom is -0.393 e. The number of aliphatic hydroxyl groups excluding tert-OH is 1. The quantitative estimate of drug-likeness (QED) is 0.720. The molecule has 0 aromatic carbocycles. The van der Waals surface area contributed by atoms with Gasteiger partial charge in [-0.25, -0.2) is 0 Å². The Balaban J connectivity index is 2.75. The van der Waals surface area contributed by atoms with Gasteiger partial charge in [-0.05, 0) is 32.9 Å². The van der Waals surface area contributed by atoms with Gasteiger partial charge in [-0.15, -0.1) is 10.2 Å². The first kappa shape index (κ1) is 10.1. The van der Waals surface area contributed by atoms with E-state index in [2.05, 4.69) is 15.4 Å². The van der Waals surface area contributed by atoms with Gasteiger partial charge >= 0.3 is 0 Å². The van der Waals surface area contributed by atoms with E-state index in [0.29, 0.717) is 12.2 Å². The molecule has 1 N–H and O–H groups in total. The van der Waals surface area contributed by atoms with Crippen LogP contribution in [0, 0.1) is 0 Å². The van der Waals surface area contributed by atoms with E-state index in [0.717, 1.165) is 0 Å². The minimum atomic E-state index is -0.419. The first-order valence-corrected chi connectivity index (χ1v) is 4.37. The minimum absolute atomic E-state index is 0.149. The van der Waals surface area contributed by atoms with E-state index in [4.69, 9.17) is 5.11 Å². The predicted molar refractivity (Wildman–Crippen MR) is 48.2 cm³/mol. The van der Waals surface area contributed by atoms with Crippen LogP contribution in [0.2, 0.25) is 0 Å². The summed E-state index contributed by atoms with van der Waals surface area (Å²) in [7, 11) is 0. The normalized spacial score (nSPS) is 14.5. The molecule has 1 rings (SSSR count). The van der Waals surface area contributed by atoms with Crippen molar-refractivity contribution in [3.63, 3.8) is 0 Å². The Morgan fingerprint density at radius 3 is 2.46 bits per heavy atom. The third-order valence-electron chi connectivity index (χ3n) is 1.53. The number of hydrogen-bond donors (Lipinski definition) is 1. The van der Waals surface area contributed by atoms with Gasteiger partial charge in [0.1, 0.15) is 0 Å². The molecule has 5 heteroatoms. The molecule has 1 heterocycles. The summed E-state index contributed by atoms with van der Waals surface area (Å²) in [6.07, 6.45) is 0.0356. The lowest BCUT2D eigenvalue weighted by Gasteiger charge is -2.15. The van der Waals surface area contributed by atoms with Gasteiger partial charge in [0.25, 0.3) is 0 Å². The fourth-order valence-electron chi connectivity index (χ4n) is 0.873. The monoisotopic (exact) mass is 184 g/mol. The van der Waals surface area contributed by atoms with Gasteiger partial charge in [-0.3, -0.25) is 0 Å². The fraction of sp³-hybridized carbons (Fsp3) is 0.875. The Kier molecular flexibility index (Phi) is 2.66.